The van der Waals surface area contributed by atoms with Gasteiger partial charge in [0.15, 0.2) is 5.13 Å². The maximum absolute atomic E-state index is 13.0. The molecule has 0 atom stereocenters. The molecule has 3 nitrogen and oxygen atoms in total. The second-order valence-electron chi connectivity index (χ2n) is 5.40. The number of nitrogen functional groups attached to an aromatic ring is 1. The van der Waals surface area contributed by atoms with E-state index in [0.717, 1.165) is 31.1 Å². The molecule has 1 aliphatic carbocycles. The molecule has 0 saturated heterocycles. The zero-order chi connectivity index (χ0) is 13.9. The largest absolute Gasteiger partial charge is 0.375 e. The molecule has 1 aromatic carbocycles. The molecule has 106 valence electrons. The summed E-state index contributed by atoms with van der Waals surface area (Å²) in [6.45, 7) is 2.80. The van der Waals surface area contributed by atoms with Crippen LogP contribution >= 0.6 is 11.3 Å². The van der Waals surface area contributed by atoms with Crippen molar-refractivity contribution in [1.82, 2.24) is 9.88 Å². The van der Waals surface area contributed by atoms with Crippen LogP contribution in [0, 0.1) is 11.7 Å². The summed E-state index contributed by atoms with van der Waals surface area (Å²) in [5, 5.41) is 0.619. The number of hydrogen-bond donors (Lipinski definition) is 1. The van der Waals surface area contributed by atoms with Gasteiger partial charge in [0.2, 0.25) is 0 Å². The Labute approximate surface area is 122 Å². The summed E-state index contributed by atoms with van der Waals surface area (Å²) in [7, 11) is 0. The number of aromatic nitrogens is 1. The van der Waals surface area contributed by atoms with E-state index in [2.05, 4.69) is 9.88 Å². The fourth-order valence-electron chi connectivity index (χ4n) is 2.31. The predicted molar refractivity (Wildman–Crippen MR) is 79.8 cm³/mol. The second-order valence-corrected chi connectivity index (χ2v) is 6.55. The lowest BCUT2D eigenvalue weighted by molar-refractivity contribution is 0.248. The van der Waals surface area contributed by atoms with Crippen molar-refractivity contribution in [2.75, 3.05) is 12.3 Å². The highest BCUT2D eigenvalue weighted by Crippen LogP contribution is 2.31. The third-order valence-corrected chi connectivity index (χ3v) is 4.29. The fourth-order valence-corrected chi connectivity index (χ4v) is 3.04. The quantitative estimate of drug-likeness (QED) is 0.888. The zero-order valence-corrected chi connectivity index (χ0v) is 12.1. The first-order chi connectivity index (χ1) is 9.69. The van der Waals surface area contributed by atoms with Gasteiger partial charge in [0.1, 0.15) is 5.82 Å². The van der Waals surface area contributed by atoms with Crippen LogP contribution in [0.25, 0.3) is 0 Å². The zero-order valence-electron chi connectivity index (χ0n) is 11.3. The van der Waals surface area contributed by atoms with Crippen molar-refractivity contribution in [2.24, 2.45) is 5.92 Å². The molecular weight excluding hydrogens is 273 g/mol. The molecule has 1 saturated carbocycles. The summed E-state index contributed by atoms with van der Waals surface area (Å²) in [4.78, 5) is 7.69. The van der Waals surface area contributed by atoms with Gasteiger partial charge in [-0.05, 0) is 36.5 Å². The Bertz CT molecular complexity index is 563. The highest BCUT2D eigenvalue weighted by atomic mass is 32.1. The molecule has 2 N–H and O–H groups in total. The van der Waals surface area contributed by atoms with Crippen LogP contribution < -0.4 is 5.73 Å². The van der Waals surface area contributed by atoms with Gasteiger partial charge in [-0.15, -0.1) is 11.3 Å². The van der Waals surface area contributed by atoms with Gasteiger partial charge < -0.3 is 5.73 Å². The van der Waals surface area contributed by atoms with E-state index in [0.29, 0.717) is 5.13 Å². The molecule has 0 aliphatic heterocycles. The molecular formula is C15H18FN3S. The second kappa shape index (κ2) is 5.89. The summed E-state index contributed by atoms with van der Waals surface area (Å²) in [6, 6.07) is 6.76. The van der Waals surface area contributed by atoms with E-state index in [-0.39, 0.29) is 5.82 Å². The van der Waals surface area contributed by atoms with Gasteiger partial charge in [0.25, 0.3) is 0 Å². The van der Waals surface area contributed by atoms with Crippen LogP contribution in [0.4, 0.5) is 9.52 Å². The minimum Gasteiger partial charge on any atom is -0.375 e. The normalized spacial score (nSPS) is 14.9. The first-order valence-electron chi connectivity index (χ1n) is 6.86. The highest BCUT2D eigenvalue weighted by Gasteiger charge is 2.24. The van der Waals surface area contributed by atoms with Crippen LogP contribution in [0.15, 0.2) is 30.5 Å². The van der Waals surface area contributed by atoms with Crippen molar-refractivity contribution >= 4 is 16.5 Å². The van der Waals surface area contributed by atoms with Crippen molar-refractivity contribution in [3.05, 3.63) is 46.7 Å². The van der Waals surface area contributed by atoms with Gasteiger partial charge in [-0.2, -0.15) is 0 Å². The van der Waals surface area contributed by atoms with E-state index >= 15 is 0 Å². The van der Waals surface area contributed by atoms with Crippen molar-refractivity contribution in [2.45, 2.75) is 25.9 Å². The lowest BCUT2D eigenvalue weighted by Gasteiger charge is -2.21. The fraction of sp³-hybridized carbons (Fsp3) is 0.400. The molecule has 1 fully saturated rings. The molecule has 3 rings (SSSR count). The topological polar surface area (TPSA) is 42.1 Å². The van der Waals surface area contributed by atoms with Crippen LogP contribution in [0.3, 0.4) is 0 Å². The summed E-state index contributed by atoms with van der Waals surface area (Å²) >= 11 is 1.54. The Hall–Kier alpha value is -1.46. The molecule has 1 aliphatic rings. The number of anilines is 1. The van der Waals surface area contributed by atoms with Crippen molar-refractivity contribution in [3.8, 4) is 0 Å². The van der Waals surface area contributed by atoms with E-state index in [1.54, 1.807) is 11.3 Å². The molecule has 1 aromatic heterocycles. The molecule has 0 spiro atoms. The average Bonchev–Trinajstić information content (AvgIpc) is 3.14. The molecule has 0 amide bonds. The number of nitrogens with zero attached hydrogens (tertiary/aromatic N) is 2. The van der Waals surface area contributed by atoms with Gasteiger partial charge in [-0.1, -0.05) is 12.1 Å². The summed E-state index contributed by atoms with van der Waals surface area (Å²) in [5.74, 6) is 0.637. The van der Waals surface area contributed by atoms with E-state index in [1.165, 1.54) is 29.9 Å². The minimum absolute atomic E-state index is 0.183. The first-order valence-corrected chi connectivity index (χ1v) is 7.67. The van der Waals surface area contributed by atoms with Crippen LogP contribution in [0.5, 0.6) is 0 Å². The summed E-state index contributed by atoms with van der Waals surface area (Å²) in [5.41, 5.74) is 6.83. The van der Waals surface area contributed by atoms with E-state index in [9.17, 15) is 4.39 Å². The Morgan fingerprint density at radius 1 is 1.25 bits per heavy atom. The predicted octanol–water partition coefficient (Wildman–Crippen LogP) is 3.28. The number of nitrogens with two attached hydrogens (primary N) is 1. The Balaban J connectivity index is 1.66. The van der Waals surface area contributed by atoms with Crippen LogP contribution in [0.2, 0.25) is 0 Å². The molecule has 0 radical (unpaired) electrons. The van der Waals surface area contributed by atoms with Crippen LogP contribution in [-0.4, -0.2) is 16.4 Å². The van der Waals surface area contributed by atoms with Gasteiger partial charge in [0, 0.05) is 30.7 Å². The standard InChI is InChI=1S/C15H18FN3S/c16-13-5-3-12(4-6-13)9-19(8-11-1-2-11)10-14-7-18-15(17)20-14/h3-7,11H,1-2,8-10H2,(H2,17,18). The van der Waals surface area contributed by atoms with Gasteiger partial charge in [-0.25, -0.2) is 9.37 Å². The third-order valence-electron chi connectivity index (χ3n) is 3.48. The molecule has 0 unspecified atom stereocenters. The smallest absolute Gasteiger partial charge is 0.180 e. The summed E-state index contributed by atoms with van der Waals surface area (Å²) < 4.78 is 13.0. The van der Waals surface area contributed by atoms with Gasteiger partial charge in [0.05, 0.1) is 0 Å². The van der Waals surface area contributed by atoms with Gasteiger partial charge in [-0.3, -0.25) is 4.90 Å². The lowest BCUT2D eigenvalue weighted by atomic mass is 10.2. The van der Waals surface area contributed by atoms with Crippen LogP contribution in [-0.2, 0) is 13.1 Å². The van der Waals surface area contributed by atoms with Crippen molar-refractivity contribution in [1.29, 1.82) is 0 Å². The first kappa shape index (κ1) is 13.5. The lowest BCUT2D eigenvalue weighted by Crippen LogP contribution is -2.24. The highest BCUT2D eigenvalue weighted by molar-refractivity contribution is 7.15. The number of hydrogen-bond acceptors (Lipinski definition) is 4. The molecule has 1 heterocycles. The number of halogens is 1. The Kier molecular flexibility index (Phi) is 3.98. The SMILES string of the molecule is Nc1ncc(CN(Cc2ccc(F)cc2)CC2CC2)s1. The molecule has 20 heavy (non-hydrogen) atoms. The van der Waals surface area contributed by atoms with Crippen molar-refractivity contribution in [3.63, 3.8) is 0 Å². The number of rotatable bonds is 6. The van der Waals surface area contributed by atoms with E-state index in [1.807, 2.05) is 18.3 Å². The maximum Gasteiger partial charge on any atom is 0.180 e. The van der Waals surface area contributed by atoms with Crippen molar-refractivity contribution < 1.29 is 4.39 Å². The average molecular weight is 291 g/mol. The third kappa shape index (κ3) is 3.77. The van der Waals surface area contributed by atoms with E-state index < -0.39 is 0 Å². The maximum atomic E-state index is 13.0. The Morgan fingerprint density at radius 3 is 2.60 bits per heavy atom. The number of benzene rings is 1. The van der Waals surface area contributed by atoms with Gasteiger partial charge >= 0.3 is 0 Å². The molecule has 2 aromatic rings. The number of thiazole rings is 1. The van der Waals surface area contributed by atoms with Crippen LogP contribution in [0.1, 0.15) is 23.3 Å². The minimum atomic E-state index is -0.183. The Morgan fingerprint density at radius 2 is 2.00 bits per heavy atom. The monoisotopic (exact) mass is 291 g/mol. The van der Waals surface area contributed by atoms with E-state index in [4.69, 9.17) is 5.73 Å². The summed E-state index contributed by atoms with van der Waals surface area (Å²) in [6.07, 6.45) is 4.50. The molecule has 0 bridgehead atoms. The molecule has 5 heteroatoms.